The van der Waals surface area contributed by atoms with Gasteiger partial charge in [-0.2, -0.15) is 0 Å². The van der Waals surface area contributed by atoms with Crippen LogP contribution in [0.5, 0.6) is 0 Å². The molecule has 0 aliphatic heterocycles. The van der Waals surface area contributed by atoms with Crippen molar-refractivity contribution in [2.75, 3.05) is 5.33 Å². The maximum Gasteiger partial charge on any atom is 0.328 e. The molecule has 0 amide bonds. The molecule has 1 atom stereocenters. The minimum absolute atomic E-state index is 0.168. The minimum Gasteiger partial charge on any atom is -0.390 e. The number of halogens is 1. The van der Waals surface area contributed by atoms with Crippen LogP contribution in [0.3, 0.4) is 0 Å². The zero-order valence-corrected chi connectivity index (χ0v) is 8.32. The number of hydrogen-bond donors (Lipinski definition) is 2. The molecule has 0 aromatic carbocycles. The molecule has 2 N–H and O–H groups in total. The molecule has 1 rings (SSSR count). The molecule has 1 aromatic heterocycles. The molecule has 0 aliphatic carbocycles. The number of aromatic nitrogens is 2. The van der Waals surface area contributed by atoms with Gasteiger partial charge in [-0.15, -0.1) is 0 Å². The fourth-order valence-corrected chi connectivity index (χ4v) is 1.07. The second kappa shape index (κ2) is 4.38. The predicted molar refractivity (Wildman–Crippen MR) is 51.1 cm³/mol. The topological polar surface area (TPSA) is 75.1 Å². The van der Waals surface area contributed by atoms with E-state index >= 15 is 0 Å². The lowest BCUT2D eigenvalue weighted by molar-refractivity contribution is 0.177. The molecule has 6 heteroatoms. The quantitative estimate of drug-likeness (QED) is 0.695. The van der Waals surface area contributed by atoms with Gasteiger partial charge in [0.2, 0.25) is 0 Å². The monoisotopic (exact) mass is 248 g/mol. The van der Waals surface area contributed by atoms with Crippen LogP contribution in [0.15, 0.2) is 21.9 Å². The smallest absolute Gasteiger partial charge is 0.328 e. The standard InChI is InChI=1S/C7H9BrN2O3/c8-3-5(11)4-10-2-1-6(12)9-7(10)13/h1-2,5,11H,3-4H2,(H,9,12,13). The Balaban J connectivity index is 2.90. The van der Waals surface area contributed by atoms with E-state index in [9.17, 15) is 14.7 Å². The lowest BCUT2D eigenvalue weighted by atomic mass is 10.4. The van der Waals surface area contributed by atoms with Crippen LogP contribution in [0.1, 0.15) is 0 Å². The van der Waals surface area contributed by atoms with E-state index in [0.717, 1.165) is 0 Å². The van der Waals surface area contributed by atoms with Crippen molar-refractivity contribution in [2.45, 2.75) is 12.6 Å². The van der Waals surface area contributed by atoms with Crippen LogP contribution in [0.2, 0.25) is 0 Å². The van der Waals surface area contributed by atoms with Gasteiger partial charge in [-0.25, -0.2) is 4.79 Å². The van der Waals surface area contributed by atoms with Crippen molar-refractivity contribution in [3.05, 3.63) is 33.1 Å². The zero-order valence-electron chi connectivity index (χ0n) is 6.74. The average molecular weight is 249 g/mol. The fraction of sp³-hybridized carbons (Fsp3) is 0.429. The van der Waals surface area contributed by atoms with Crippen LogP contribution in [0, 0.1) is 0 Å². The first kappa shape index (κ1) is 10.2. The van der Waals surface area contributed by atoms with E-state index in [1.165, 1.54) is 16.8 Å². The Hall–Kier alpha value is -0.880. The number of aliphatic hydroxyl groups is 1. The number of aromatic amines is 1. The lowest BCUT2D eigenvalue weighted by Gasteiger charge is -2.07. The fourth-order valence-electron chi connectivity index (χ4n) is 0.864. The Labute approximate surface area is 82.2 Å². The van der Waals surface area contributed by atoms with E-state index in [-0.39, 0.29) is 6.54 Å². The molecule has 0 radical (unpaired) electrons. The van der Waals surface area contributed by atoms with Crippen molar-refractivity contribution >= 4 is 15.9 Å². The number of rotatable bonds is 3. The highest BCUT2D eigenvalue weighted by Crippen LogP contribution is 1.92. The van der Waals surface area contributed by atoms with Gasteiger partial charge in [0.25, 0.3) is 5.56 Å². The summed E-state index contributed by atoms with van der Waals surface area (Å²) in [6.07, 6.45) is 0.719. The van der Waals surface area contributed by atoms with Crippen molar-refractivity contribution in [2.24, 2.45) is 0 Å². The summed E-state index contributed by atoms with van der Waals surface area (Å²) in [5, 5.41) is 9.59. The number of H-pyrrole nitrogens is 1. The van der Waals surface area contributed by atoms with Gasteiger partial charge in [0.1, 0.15) is 0 Å². The Morgan fingerprint density at radius 2 is 2.31 bits per heavy atom. The summed E-state index contributed by atoms with van der Waals surface area (Å²) in [4.78, 5) is 23.8. The summed E-state index contributed by atoms with van der Waals surface area (Å²) in [7, 11) is 0. The highest BCUT2D eigenvalue weighted by molar-refractivity contribution is 9.09. The molecule has 0 aliphatic rings. The van der Waals surface area contributed by atoms with Crippen LogP contribution < -0.4 is 11.2 Å². The lowest BCUT2D eigenvalue weighted by Crippen LogP contribution is -2.32. The first-order valence-electron chi connectivity index (χ1n) is 3.67. The molecule has 1 heterocycles. The van der Waals surface area contributed by atoms with E-state index in [0.29, 0.717) is 5.33 Å². The number of nitrogens with one attached hydrogen (secondary N) is 1. The van der Waals surface area contributed by atoms with Gasteiger partial charge < -0.3 is 5.11 Å². The molecule has 13 heavy (non-hydrogen) atoms. The van der Waals surface area contributed by atoms with Crippen LogP contribution >= 0.6 is 15.9 Å². The van der Waals surface area contributed by atoms with E-state index in [2.05, 4.69) is 20.9 Å². The first-order chi connectivity index (χ1) is 6.13. The molecule has 1 aromatic rings. The Morgan fingerprint density at radius 3 is 2.85 bits per heavy atom. The van der Waals surface area contributed by atoms with Crippen molar-refractivity contribution < 1.29 is 5.11 Å². The first-order valence-corrected chi connectivity index (χ1v) is 4.79. The third kappa shape index (κ3) is 2.82. The van der Waals surface area contributed by atoms with Crippen molar-refractivity contribution in [3.8, 4) is 0 Å². The highest BCUT2D eigenvalue weighted by atomic mass is 79.9. The Kier molecular flexibility index (Phi) is 3.44. The summed E-state index contributed by atoms with van der Waals surface area (Å²) in [5.41, 5.74) is -0.943. The summed E-state index contributed by atoms with van der Waals surface area (Å²) >= 11 is 3.07. The van der Waals surface area contributed by atoms with Crippen molar-refractivity contribution in [3.63, 3.8) is 0 Å². The van der Waals surface area contributed by atoms with Gasteiger partial charge in [-0.1, -0.05) is 15.9 Å². The van der Waals surface area contributed by atoms with Crippen LogP contribution in [-0.2, 0) is 6.54 Å². The molecule has 0 bridgehead atoms. The van der Waals surface area contributed by atoms with Crippen molar-refractivity contribution in [1.82, 2.24) is 9.55 Å². The molecular weight excluding hydrogens is 240 g/mol. The van der Waals surface area contributed by atoms with E-state index < -0.39 is 17.4 Å². The normalized spacial score (nSPS) is 12.8. The second-order valence-corrected chi connectivity index (χ2v) is 3.22. The Morgan fingerprint density at radius 1 is 1.62 bits per heavy atom. The summed E-state index contributed by atoms with van der Waals surface area (Å²) < 4.78 is 1.24. The molecule has 0 saturated heterocycles. The molecule has 0 saturated carbocycles. The van der Waals surface area contributed by atoms with Gasteiger partial charge in [0.15, 0.2) is 0 Å². The van der Waals surface area contributed by atoms with E-state index in [4.69, 9.17) is 0 Å². The molecule has 0 fully saturated rings. The van der Waals surface area contributed by atoms with Crippen molar-refractivity contribution in [1.29, 1.82) is 0 Å². The molecule has 5 nitrogen and oxygen atoms in total. The average Bonchev–Trinajstić information content (AvgIpc) is 2.09. The largest absolute Gasteiger partial charge is 0.390 e. The molecular formula is C7H9BrN2O3. The van der Waals surface area contributed by atoms with Gasteiger partial charge in [-0.05, 0) is 0 Å². The van der Waals surface area contributed by atoms with E-state index in [1.807, 2.05) is 0 Å². The third-order valence-corrected chi connectivity index (χ3v) is 2.23. The van der Waals surface area contributed by atoms with Crippen LogP contribution in [0.25, 0.3) is 0 Å². The number of aliphatic hydroxyl groups excluding tert-OH is 1. The van der Waals surface area contributed by atoms with Gasteiger partial charge in [0, 0.05) is 17.6 Å². The van der Waals surface area contributed by atoms with Gasteiger partial charge in [-0.3, -0.25) is 14.3 Å². The molecule has 72 valence electrons. The van der Waals surface area contributed by atoms with E-state index in [1.54, 1.807) is 0 Å². The summed E-state index contributed by atoms with van der Waals surface area (Å²) in [6, 6.07) is 1.24. The Bertz CT molecular complexity index is 384. The summed E-state index contributed by atoms with van der Waals surface area (Å²) in [5.74, 6) is 0. The van der Waals surface area contributed by atoms with Crippen LogP contribution in [0.4, 0.5) is 0 Å². The number of hydrogen-bond acceptors (Lipinski definition) is 3. The minimum atomic E-state index is -0.636. The molecule has 0 spiro atoms. The maximum absolute atomic E-state index is 11.1. The predicted octanol–water partition coefficient (Wildman–Crippen LogP) is -0.708. The summed E-state index contributed by atoms with van der Waals surface area (Å²) in [6.45, 7) is 0.168. The number of nitrogens with zero attached hydrogens (tertiary/aromatic N) is 1. The highest BCUT2D eigenvalue weighted by Gasteiger charge is 2.03. The SMILES string of the molecule is O=c1ccn(CC(O)CBr)c(=O)[nH]1. The third-order valence-electron chi connectivity index (χ3n) is 1.48. The molecule has 1 unspecified atom stereocenters. The number of alkyl halides is 1. The van der Waals surface area contributed by atoms with Crippen LogP contribution in [-0.4, -0.2) is 26.1 Å². The zero-order chi connectivity index (χ0) is 9.84. The maximum atomic E-state index is 11.1. The van der Waals surface area contributed by atoms with Gasteiger partial charge in [0.05, 0.1) is 12.6 Å². The second-order valence-electron chi connectivity index (χ2n) is 2.57. The van der Waals surface area contributed by atoms with Gasteiger partial charge >= 0.3 is 5.69 Å².